The summed E-state index contributed by atoms with van der Waals surface area (Å²) in [4.78, 5) is 8.96. The smallest absolute Gasteiger partial charge is 0.327 e. The molecule has 4 nitrogen and oxygen atoms in total. The van der Waals surface area contributed by atoms with Crippen LogP contribution in [0.3, 0.4) is 0 Å². The van der Waals surface area contributed by atoms with E-state index in [0.29, 0.717) is 13.2 Å². The van der Waals surface area contributed by atoms with Crippen molar-refractivity contribution in [3.05, 3.63) is 0 Å². The van der Waals surface area contributed by atoms with Gasteiger partial charge in [-0.05, 0) is 6.42 Å². The van der Waals surface area contributed by atoms with Crippen molar-refractivity contribution in [2.75, 3.05) is 26.0 Å². The van der Waals surface area contributed by atoms with Crippen molar-refractivity contribution < 1.29 is 18.7 Å². The molecule has 1 atom stereocenters. The molecular weight excluding hydrogens is 179 g/mol. The SMILES string of the molecule is CCCOCCOP(=O)(O)CC. The molecule has 0 rings (SSSR count). The van der Waals surface area contributed by atoms with E-state index in [1.165, 1.54) is 0 Å². The summed E-state index contributed by atoms with van der Waals surface area (Å²) in [7, 11) is -3.30. The van der Waals surface area contributed by atoms with E-state index in [1.54, 1.807) is 6.92 Å². The second-order valence-corrected chi connectivity index (χ2v) is 4.56. The van der Waals surface area contributed by atoms with Crippen molar-refractivity contribution in [2.45, 2.75) is 20.3 Å². The van der Waals surface area contributed by atoms with Crippen molar-refractivity contribution in [1.29, 1.82) is 0 Å². The Morgan fingerprint density at radius 3 is 2.42 bits per heavy atom. The van der Waals surface area contributed by atoms with Crippen LogP contribution in [0.5, 0.6) is 0 Å². The van der Waals surface area contributed by atoms with Crippen LogP contribution in [-0.4, -0.2) is 30.9 Å². The molecule has 5 heteroatoms. The summed E-state index contributed by atoms with van der Waals surface area (Å²) in [5.41, 5.74) is 0. The van der Waals surface area contributed by atoms with Gasteiger partial charge in [0.15, 0.2) is 0 Å². The second-order valence-electron chi connectivity index (χ2n) is 2.40. The highest BCUT2D eigenvalue weighted by molar-refractivity contribution is 7.52. The molecule has 0 fully saturated rings. The van der Waals surface area contributed by atoms with Crippen molar-refractivity contribution in [3.63, 3.8) is 0 Å². The maximum absolute atomic E-state index is 10.9. The minimum atomic E-state index is -3.30. The molecule has 0 aliphatic heterocycles. The summed E-state index contributed by atoms with van der Waals surface area (Å²) in [6, 6.07) is 0. The van der Waals surface area contributed by atoms with Gasteiger partial charge in [0.05, 0.1) is 13.2 Å². The maximum atomic E-state index is 10.9. The Morgan fingerprint density at radius 2 is 1.92 bits per heavy atom. The monoisotopic (exact) mass is 196 g/mol. The fourth-order valence-corrected chi connectivity index (χ4v) is 1.12. The van der Waals surface area contributed by atoms with Gasteiger partial charge in [-0.15, -0.1) is 0 Å². The fraction of sp³-hybridized carbons (Fsp3) is 1.00. The lowest BCUT2D eigenvalue weighted by atomic mass is 10.5. The van der Waals surface area contributed by atoms with E-state index in [0.717, 1.165) is 6.42 Å². The van der Waals surface area contributed by atoms with E-state index in [2.05, 4.69) is 0 Å². The molecular formula is C7H17O4P. The zero-order valence-corrected chi connectivity index (χ0v) is 8.55. The van der Waals surface area contributed by atoms with Crippen LogP contribution < -0.4 is 0 Å². The fourth-order valence-electron chi connectivity index (χ4n) is 0.577. The highest BCUT2D eigenvalue weighted by Gasteiger charge is 2.14. The Balaban J connectivity index is 3.25. The van der Waals surface area contributed by atoms with Crippen LogP contribution in [0.25, 0.3) is 0 Å². The summed E-state index contributed by atoms with van der Waals surface area (Å²) < 4.78 is 20.7. The van der Waals surface area contributed by atoms with Crippen LogP contribution in [0.15, 0.2) is 0 Å². The van der Waals surface area contributed by atoms with Gasteiger partial charge in [0.25, 0.3) is 0 Å². The van der Waals surface area contributed by atoms with Crippen LogP contribution in [0, 0.1) is 0 Å². The van der Waals surface area contributed by atoms with E-state index in [-0.39, 0.29) is 12.8 Å². The Morgan fingerprint density at radius 1 is 1.25 bits per heavy atom. The first-order chi connectivity index (χ1) is 5.62. The summed E-state index contributed by atoms with van der Waals surface area (Å²) in [6.07, 6.45) is 1.10. The van der Waals surface area contributed by atoms with Gasteiger partial charge < -0.3 is 14.2 Å². The quantitative estimate of drug-likeness (QED) is 0.496. The molecule has 0 aliphatic rings. The lowest BCUT2D eigenvalue weighted by Gasteiger charge is -2.09. The highest BCUT2D eigenvalue weighted by Crippen LogP contribution is 2.40. The number of ether oxygens (including phenoxy) is 1. The largest absolute Gasteiger partial charge is 0.379 e. The van der Waals surface area contributed by atoms with Gasteiger partial charge in [0, 0.05) is 12.8 Å². The van der Waals surface area contributed by atoms with E-state index >= 15 is 0 Å². The van der Waals surface area contributed by atoms with Crippen molar-refractivity contribution in [3.8, 4) is 0 Å². The van der Waals surface area contributed by atoms with Crippen LogP contribution in [0.4, 0.5) is 0 Å². The molecule has 0 amide bonds. The van der Waals surface area contributed by atoms with Gasteiger partial charge >= 0.3 is 7.60 Å². The predicted octanol–water partition coefficient (Wildman–Crippen LogP) is 1.63. The highest BCUT2D eigenvalue weighted by atomic mass is 31.2. The number of hydrogen-bond donors (Lipinski definition) is 1. The molecule has 0 heterocycles. The molecule has 0 saturated heterocycles. The number of hydrogen-bond acceptors (Lipinski definition) is 3. The Labute approximate surface area is 73.4 Å². The van der Waals surface area contributed by atoms with Crippen molar-refractivity contribution >= 4 is 7.60 Å². The van der Waals surface area contributed by atoms with Gasteiger partial charge in [-0.3, -0.25) is 4.57 Å². The topological polar surface area (TPSA) is 55.8 Å². The number of rotatable bonds is 7. The molecule has 0 radical (unpaired) electrons. The predicted molar refractivity (Wildman–Crippen MR) is 47.4 cm³/mol. The average molecular weight is 196 g/mol. The van der Waals surface area contributed by atoms with Gasteiger partial charge in [0.2, 0.25) is 0 Å². The lowest BCUT2D eigenvalue weighted by Crippen LogP contribution is -2.04. The van der Waals surface area contributed by atoms with Crippen LogP contribution in [-0.2, 0) is 13.8 Å². The molecule has 1 N–H and O–H groups in total. The van der Waals surface area contributed by atoms with Gasteiger partial charge in [-0.25, -0.2) is 0 Å². The minimum Gasteiger partial charge on any atom is -0.379 e. The molecule has 0 aromatic rings. The van der Waals surface area contributed by atoms with E-state index in [9.17, 15) is 4.57 Å². The first-order valence-electron chi connectivity index (χ1n) is 4.16. The van der Waals surface area contributed by atoms with Crippen molar-refractivity contribution in [2.24, 2.45) is 0 Å². The molecule has 0 aliphatic carbocycles. The van der Waals surface area contributed by atoms with E-state index in [4.69, 9.17) is 14.2 Å². The molecule has 74 valence electrons. The Bertz CT molecular complexity index is 148. The van der Waals surface area contributed by atoms with Crippen LogP contribution in [0.1, 0.15) is 20.3 Å². The molecule has 0 saturated carbocycles. The van der Waals surface area contributed by atoms with Crippen molar-refractivity contribution in [1.82, 2.24) is 0 Å². The average Bonchev–Trinajstić information content (AvgIpc) is 2.04. The molecule has 0 aromatic heterocycles. The molecule has 0 bridgehead atoms. The third-order valence-corrected chi connectivity index (χ3v) is 2.65. The normalized spacial score (nSPS) is 15.9. The Hall–Kier alpha value is 0.110. The maximum Gasteiger partial charge on any atom is 0.327 e. The molecule has 1 unspecified atom stereocenters. The molecule has 0 aromatic carbocycles. The van der Waals surface area contributed by atoms with Crippen LogP contribution >= 0.6 is 7.60 Å². The summed E-state index contributed by atoms with van der Waals surface area (Å²) >= 11 is 0. The first kappa shape index (κ1) is 12.1. The third-order valence-electron chi connectivity index (χ3n) is 1.27. The Kier molecular flexibility index (Phi) is 6.67. The lowest BCUT2D eigenvalue weighted by molar-refractivity contribution is 0.0960. The van der Waals surface area contributed by atoms with Crippen LogP contribution in [0.2, 0.25) is 0 Å². The first-order valence-corrected chi connectivity index (χ1v) is 5.92. The summed E-state index contributed by atoms with van der Waals surface area (Å²) in [5, 5.41) is 0. The molecule has 0 spiro atoms. The van der Waals surface area contributed by atoms with E-state index < -0.39 is 7.60 Å². The second kappa shape index (κ2) is 6.61. The zero-order valence-electron chi connectivity index (χ0n) is 7.65. The summed E-state index contributed by atoms with van der Waals surface area (Å²) in [5.74, 6) is 0. The minimum absolute atomic E-state index is 0.154. The van der Waals surface area contributed by atoms with E-state index in [1.807, 2.05) is 6.92 Å². The standard InChI is InChI=1S/C7H17O4P/c1-3-5-10-6-7-11-12(8,9)4-2/h3-7H2,1-2H3,(H,8,9). The van der Waals surface area contributed by atoms with Gasteiger partial charge in [-0.2, -0.15) is 0 Å². The van der Waals surface area contributed by atoms with Gasteiger partial charge in [-0.1, -0.05) is 13.8 Å². The summed E-state index contributed by atoms with van der Waals surface area (Å²) in [6.45, 7) is 4.88. The van der Waals surface area contributed by atoms with Gasteiger partial charge in [0.1, 0.15) is 0 Å². The third kappa shape index (κ3) is 6.80. The zero-order chi connectivity index (χ0) is 9.45. The molecule has 12 heavy (non-hydrogen) atoms.